The number of rotatable bonds is 4. The van der Waals surface area contributed by atoms with E-state index >= 15 is 0 Å². The van der Waals surface area contributed by atoms with Gasteiger partial charge in [-0.1, -0.05) is 11.6 Å². The minimum Gasteiger partial charge on any atom is -0.504 e. The maximum atomic E-state index is 11.2. The summed E-state index contributed by atoms with van der Waals surface area (Å²) in [6.07, 6.45) is 0. The van der Waals surface area contributed by atoms with E-state index in [1.54, 1.807) is 6.07 Å². The number of carboxylic acids is 1. The molecule has 0 atom stereocenters. The molecule has 2 aromatic carbocycles. The molecule has 0 fully saturated rings. The van der Waals surface area contributed by atoms with Crippen LogP contribution in [0.4, 0.5) is 0 Å². The van der Waals surface area contributed by atoms with Crippen LogP contribution >= 0.6 is 0 Å². The highest BCUT2D eigenvalue weighted by molar-refractivity contribution is 5.92. The number of aryl methyl sites for hydroxylation is 1. The summed E-state index contributed by atoms with van der Waals surface area (Å²) in [6, 6.07) is 8.14. The Morgan fingerprint density at radius 3 is 2.24 bits per heavy atom. The zero-order valence-corrected chi connectivity index (χ0v) is 12.0. The van der Waals surface area contributed by atoms with Gasteiger partial charge < -0.3 is 19.7 Å². The van der Waals surface area contributed by atoms with E-state index in [1.165, 1.54) is 26.4 Å². The summed E-state index contributed by atoms with van der Waals surface area (Å²) >= 11 is 0. The number of benzene rings is 2. The van der Waals surface area contributed by atoms with Crippen LogP contribution in [0.25, 0.3) is 11.1 Å². The average molecular weight is 288 g/mol. The van der Waals surface area contributed by atoms with Crippen molar-refractivity contribution in [2.75, 3.05) is 14.2 Å². The van der Waals surface area contributed by atoms with Crippen LogP contribution in [0.2, 0.25) is 0 Å². The molecule has 2 rings (SSSR count). The zero-order chi connectivity index (χ0) is 15.6. The molecule has 0 aromatic heterocycles. The van der Waals surface area contributed by atoms with Gasteiger partial charge in [0.25, 0.3) is 0 Å². The van der Waals surface area contributed by atoms with E-state index in [0.29, 0.717) is 16.9 Å². The zero-order valence-electron chi connectivity index (χ0n) is 12.0. The van der Waals surface area contributed by atoms with E-state index in [2.05, 4.69) is 0 Å². The molecule has 0 aliphatic carbocycles. The number of phenolic OH excluding ortho intramolecular Hbond substituents is 1. The monoisotopic (exact) mass is 288 g/mol. The highest BCUT2D eigenvalue weighted by Gasteiger charge is 2.18. The second kappa shape index (κ2) is 5.75. The predicted octanol–water partition coefficient (Wildman–Crippen LogP) is 3.08. The molecule has 0 saturated heterocycles. The molecular weight excluding hydrogens is 272 g/mol. The van der Waals surface area contributed by atoms with E-state index < -0.39 is 5.97 Å². The second-order valence-electron chi connectivity index (χ2n) is 4.58. The van der Waals surface area contributed by atoms with Crippen molar-refractivity contribution >= 4 is 5.97 Å². The Balaban J connectivity index is 2.76. The van der Waals surface area contributed by atoms with Crippen molar-refractivity contribution in [3.8, 4) is 28.4 Å². The van der Waals surface area contributed by atoms with Gasteiger partial charge in [-0.2, -0.15) is 0 Å². The molecule has 0 bridgehead atoms. The van der Waals surface area contributed by atoms with Crippen LogP contribution < -0.4 is 9.47 Å². The van der Waals surface area contributed by atoms with Gasteiger partial charge in [-0.25, -0.2) is 4.79 Å². The lowest BCUT2D eigenvalue weighted by Gasteiger charge is -2.14. The number of carbonyl (C=O) groups is 1. The fraction of sp³-hybridized carbons (Fsp3) is 0.188. The number of hydrogen-bond donors (Lipinski definition) is 2. The molecule has 2 N–H and O–H groups in total. The number of phenols is 1. The van der Waals surface area contributed by atoms with Gasteiger partial charge in [0, 0.05) is 11.1 Å². The molecule has 0 heterocycles. The smallest absolute Gasteiger partial charge is 0.335 e. The summed E-state index contributed by atoms with van der Waals surface area (Å²) in [5.74, 6) is -0.568. The first kappa shape index (κ1) is 14.7. The molecule has 0 saturated carbocycles. The van der Waals surface area contributed by atoms with Gasteiger partial charge in [-0.15, -0.1) is 0 Å². The van der Waals surface area contributed by atoms with Crippen molar-refractivity contribution in [1.82, 2.24) is 0 Å². The number of methoxy groups -OCH3 is 2. The maximum Gasteiger partial charge on any atom is 0.335 e. The van der Waals surface area contributed by atoms with Crippen LogP contribution in [0.3, 0.4) is 0 Å². The van der Waals surface area contributed by atoms with Crippen LogP contribution in [0.5, 0.6) is 17.2 Å². The lowest BCUT2D eigenvalue weighted by atomic mass is 9.98. The summed E-state index contributed by atoms with van der Waals surface area (Å²) in [5, 5.41) is 19.5. The first-order chi connectivity index (χ1) is 9.97. The fourth-order valence-electron chi connectivity index (χ4n) is 2.12. The second-order valence-corrected chi connectivity index (χ2v) is 4.58. The third-order valence-electron chi connectivity index (χ3n) is 3.19. The van der Waals surface area contributed by atoms with Crippen molar-refractivity contribution in [2.24, 2.45) is 0 Å². The molecule has 0 spiro atoms. The summed E-state index contributed by atoms with van der Waals surface area (Å²) in [5.41, 5.74) is 1.96. The molecule has 2 aromatic rings. The number of aromatic hydroxyl groups is 1. The standard InChI is InChI=1S/C16H16O5/c1-9-4-5-13(20-2)11(6-9)12-7-10(16(18)19)8-14(21-3)15(12)17/h4-8,17H,1-3H3,(H,18,19). The number of ether oxygens (including phenoxy) is 2. The first-order valence-corrected chi connectivity index (χ1v) is 6.27. The van der Waals surface area contributed by atoms with Crippen molar-refractivity contribution in [3.63, 3.8) is 0 Å². The Bertz CT molecular complexity index is 691. The molecule has 0 aliphatic heterocycles. The van der Waals surface area contributed by atoms with Gasteiger partial charge in [-0.3, -0.25) is 0 Å². The van der Waals surface area contributed by atoms with Crippen LogP contribution in [0, 0.1) is 6.92 Å². The highest BCUT2D eigenvalue weighted by atomic mass is 16.5. The number of aromatic carboxylic acids is 1. The van der Waals surface area contributed by atoms with Crippen molar-refractivity contribution in [2.45, 2.75) is 6.92 Å². The topological polar surface area (TPSA) is 76.0 Å². The summed E-state index contributed by atoms with van der Waals surface area (Å²) in [6.45, 7) is 1.90. The van der Waals surface area contributed by atoms with Gasteiger partial charge >= 0.3 is 5.97 Å². The van der Waals surface area contributed by atoms with Gasteiger partial charge in [0.2, 0.25) is 0 Å². The average Bonchev–Trinajstić information content (AvgIpc) is 2.47. The van der Waals surface area contributed by atoms with Crippen molar-refractivity contribution < 1.29 is 24.5 Å². The number of hydrogen-bond acceptors (Lipinski definition) is 4. The molecule has 21 heavy (non-hydrogen) atoms. The van der Waals surface area contributed by atoms with Gasteiger partial charge in [0.05, 0.1) is 19.8 Å². The lowest BCUT2D eigenvalue weighted by molar-refractivity contribution is 0.0696. The minimum absolute atomic E-state index is 0.0307. The Kier molecular flexibility index (Phi) is 4.03. The molecular formula is C16H16O5. The van der Waals surface area contributed by atoms with Gasteiger partial charge in [0.1, 0.15) is 5.75 Å². The van der Waals surface area contributed by atoms with Crippen molar-refractivity contribution in [1.29, 1.82) is 0 Å². The third-order valence-corrected chi connectivity index (χ3v) is 3.19. The SMILES string of the molecule is COc1ccc(C)cc1-c1cc(C(=O)O)cc(OC)c1O. The Labute approximate surface area is 122 Å². The van der Waals surface area contributed by atoms with Crippen LogP contribution in [-0.2, 0) is 0 Å². The minimum atomic E-state index is -1.10. The molecule has 0 unspecified atom stereocenters. The van der Waals surface area contributed by atoms with E-state index in [9.17, 15) is 15.0 Å². The molecule has 0 amide bonds. The quantitative estimate of drug-likeness (QED) is 0.904. The van der Waals surface area contributed by atoms with Crippen LogP contribution in [0.15, 0.2) is 30.3 Å². The van der Waals surface area contributed by atoms with E-state index in [0.717, 1.165) is 5.56 Å². The van der Waals surface area contributed by atoms with Crippen molar-refractivity contribution in [3.05, 3.63) is 41.5 Å². The fourth-order valence-corrected chi connectivity index (χ4v) is 2.12. The summed E-state index contributed by atoms with van der Waals surface area (Å²) in [7, 11) is 2.89. The largest absolute Gasteiger partial charge is 0.504 e. The highest BCUT2D eigenvalue weighted by Crippen LogP contribution is 2.42. The van der Waals surface area contributed by atoms with E-state index in [1.807, 2.05) is 19.1 Å². The van der Waals surface area contributed by atoms with Gasteiger partial charge in [0.15, 0.2) is 11.5 Å². The van der Waals surface area contributed by atoms with Gasteiger partial charge in [-0.05, 0) is 31.2 Å². The summed E-state index contributed by atoms with van der Waals surface area (Å²) < 4.78 is 10.3. The van der Waals surface area contributed by atoms with Crippen LogP contribution in [-0.4, -0.2) is 30.4 Å². The molecule has 110 valence electrons. The van der Waals surface area contributed by atoms with Crippen LogP contribution in [0.1, 0.15) is 15.9 Å². The first-order valence-electron chi connectivity index (χ1n) is 6.27. The Morgan fingerprint density at radius 1 is 1.00 bits per heavy atom. The Morgan fingerprint density at radius 2 is 1.67 bits per heavy atom. The molecule has 5 nitrogen and oxygen atoms in total. The number of carboxylic acid groups (broad SMARTS) is 1. The molecule has 5 heteroatoms. The maximum absolute atomic E-state index is 11.2. The predicted molar refractivity (Wildman–Crippen MR) is 78.3 cm³/mol. The molecule has 0 radical (unpaired) electrons. The molecule has 0 aliphatic rings. The third kappa shape index (κ3) is 2.76. The Hall–Kier alpha value is -2.69. The lowest BCUT2D eigenvalue weighted by Crippen LogP contribution is -1.99. The summed E-state index contributed by atoms with van der Waals surface area (Å²) in [4.78, 5) is 11.2. The van der Waals surface area contributed by atoms with E-state index in [4.69, 9.17) is 9.47 Å². The van der Waals surface area contributed by atoms with E-state index in [-0.39, 0.29) is 17.1 Å². The normalized spacial score (nSPS) is 10.2.